The maximum atomic E-state index is 12.8. The summed E-state index contributed by atoms with van der Waals surface area (Å²) < 4.78 is 5.55. The second kappa shape index (κ2) is 10.2. The molecule has 0 spiro atoms. The molecule has 4 N–H and O–H groups in total. The molecule has 0 aromatic heterocycles. The van der Waals surface area contributed by atoms with Crippen LogP contribution in [-0.4, -0.2) is 30.6 Å². The van der Waals surface area contributed by atoms with Crippen molar-refractivity contribution in [1.82, 2.24) is 5.32 Å². The van der Waals surface area contributed by atoms with Crippen LogP contribution in [0, 0.1) is 6.92 Å². The number of primary amides is 1. The first-order valence-electron chi connectivity index (χ1n) is 11.2. The van der Waals surface area contributed by atoms with Crippen molar-refractivity contribution < 1.29 is 19.1 Å². The summed E-state index contributed by atoms with van der Waals surface area (Å²) in [5.74, 6) is -1.09. The lowest BCUT2D eigenvalue weighted by Crippen LogP contribution is -2.44. The summed E-state index contributed by atoms with van der Waals surface area (Å²) in [6, 6.07) is 22.4. The molecule has 0 fully saturated rings. The zero-order chi connectivity index (χ0) is 24.1. The fraction of sp³-hybridized carbons (Fsp3) is 0.222. The van der Waals surface area contributed by atoms with Crippen LogP contribution >= 0.6 is 0 Å². The van der Waals surface area contributed by atoms with E-state index in [1.165, 1.54) is 0 Å². The number of anilines is 1. The summed E-state index contributed by atoms with van der Waals surface area (Å²) in [6.07, 6.45) is -0.706. The van der Waals surface area contributed by atoms with Gasteiger partial charge in [-0.05, 0) is 47.7 Å². The molecule has 7 heteroatoms. The van der Waals surface area contributed by atoms with Crippen LogP contribution in [0.4, 0.5) is 10.5 Å². The van der Waals surface area contributed by atoms with Gasteiger partial charge in [0, 0.05) is 18.0 Å². The molecule has 4 rings (SSSR count). The average Bonchev–Trinajstić information content (AvgIpc) is 3.15. The van der Waals surface area contributed by atoms with Gasteiger partial charge in [-0.15, -0.1) is 0 Å². The maximum absolute atomic E-state index is 12.8. The first-order valence-corrected chi connectivity index (χ1v) is 11.2. The molecule has 0 unspecified atom stereocenters. The van der Waals surface area contributed by atoms with E-state index in [0.717, 1.165) is 27.8 Å². The van der Waals surface area contributed by atoms with Gasteiger partial charge in [0.25, 0.3) is 0 Å². The van der Waals surface area contributed by atoms with Crippen molar-refractivity contribution in [3.63, 3.8) is 0 Å². The molecule has 34 heavy (non-hydrogen) atoms. The summed E-state index contributed by atoms with van der Waals surface area (Å²) in [5.41, 5.74) is 11.4. The molecule has 3 aromatic carbocycles. The van der Waals surface area contributed by atoms with Crippen molar-refractivity contribution in [2.24, 2.45) is 5.73 Å². The number of carbonyl (C=O) groups excluding carboxylic acids is 3. The molecule has 0 radical (unpaired) electrons. The first-order chi connectivity index (χ1) is 16.4. The standard InChI is InChI=1S/C27H27N3O4/c1-17-10-12-18(13-11-17)29-26(32)24(14-15-25(28)31)30-27(33)34-16-23-21-8-4-2-6-19(21)20-7-3-5-9-22(20)23/h2-13,23-24H,14-16H2,1H3,(H2,28,31)(H,29,32)(H,30,33)/t24-/m1/s1. The van der Waals surface area contributed by atoms with Gasteiger partial charge in [-0.1, -0.05) is 66.2 Å². The van der Waals surface area contributed by atoms with Crippen molar-refractivity contribution in [3.8, 4) is 11.1 Å². The van der Waals surface area contributed by atoms with E-state index in [4.69, 9.17) is 10.5 Å². The second-order valence-corrected chi connectivity index (χ2v) is 8.38. The Kier molecular flexibility index (Phi) is 6.92. The number of nitrogens with two attached hydrogens (primary N) is 1. The monoisotopic (exact) mass is 457 g/mol. The van der Waals surface area contributed by atoms with Crippen molar-refractivity contribution in [3.05, 3.63) is 89.5 Å². The molecule has 7 nitrogen and oxygen atoms in total. The predicted octanol–water partition coefficient (Wildman–Crippen LogP) is 4.11. The summed E-state index contributed by atoms with van der Waals surface area (Å²) in [4.78, 5) is 36.7. The molecule has 0 bridgehead atoms. The lowest BCUT2D eigenvalue weighted by molar-refractivity contribution is -0.119. The molecule has 1 aliphatic carbocycles. The topological polar surface area (TPSA) is 111 Å². The van der Waals surface area contributed by atoms with E-state index >= 15 is 0 Å². The lowest BCUT2D eigenvalue weighted by atomic mass is 9.98. The van der Waals surface area contributed by atoms with Gasteiger partial charge in [-0.3, -0.25) is 9.59 Å². The molecule has 0 saturated carbocycles. The second-order valence-electron chi connectivity index (χ2n) is 8.38. The van der Waals surface area contributed by atoms with Crippen molar-refractivity contribution in [2.45, 2.75) is 31.7 Å². The molecule has 3 amide bonds. The Morgan fingerprint density at radius 1 is 0.912 bits per heavy atom. The van der Waals surface area contributed by atoms with Gasteiger partial charge in [0.1, 0.15) is 12.6 Å². The minimum Gasteiger partial charge on any atom is -0.449 e. The number of fused-ring (bicyclic) bond motifs is 3. The smallest absolute Gasteiger partial charge is 0.407 e. The van der Waals surface area contributed by atoms with Gasteiger partial charge in [-0.25, -0.2) is 4.79 Å². The number of alkyl carbamates (subject to hydrolysis) is 1. The van der Waals surface area contributed by atoms with Gasteiger partial charge < -0.3 is 21.1 Å². The van der Waals surface area contributed by atoms with Gasteiger partial charge >= 0.3 is 6.09 Å². The summed E-state index contributed by atoms with van der Waals surface area (Å²) >= 11 is 0. The number of aryl methyl sites for hydroxylation is 1. The Labute approximate surface area is 198 Å². The fourth-order valence-corrected chi connectivity index (χ4v) is 4.20. The van der Waals surface area contributed by atoms with Crippen LogP contribution in [0.5, 0.6) is 0 Å². The number of nitrogens with one attached hydrogen (secondary N) is 2. The lowest BCUT2D eigenvalue weighted by Gasteiger charge is -2.19. The highest BCUT2D eigenvalue weighted by Gasteiger charge is 2.30. The van der Waals surface area contributed by atoms with Crippen LogP contribution in [0.25, 0.3) is 11.1 Å². The number of hydrogen-bond acceptors (Lipinski definition) is 4. The molecule has 0 aliphatic heterocycles. The number of benzene rings is 3. The predicted molar refractivity (Wildman–Crippen MR) is 130 cm³/mol. The van der Waals surface area contributed by atoms with E-state index in [2.05, 4.69) is 22.8 Å². The zero-order valence-electron chi connectivity index (χ0n) is 18.9. The molecule has 0 saturated heterocycles. The van der Waals surface area contributed by atoms with E-state index in [1.54, 1.807) is 12.1 Å². The normalized spacial score (nSPS) is 12.9. The van der Waals surface area contributed by atoms with Crippen LogP contribution < -0.4 is 16.4 Å². The highest BCUT2D eigenvalue weighted by Crippen LogP contribution is 2.44. The molecule has 0 heterocycles. The number of hydrogen-bond donors (Lipinski definition) is 3. The Balaban J connectivity index is 1.42. The number of carbonyl (C=O) groups is 3. The number of amides is 3. The molecule has 174 valence electrons. The van der Waals surface area contributed by atoms with Gasteiger partial charge in [0.2, 0.25) is 11.8 Å². The minimum absolute atomic E-state index is 0.0460. The van der Waals surface area contributed by atoms with Gasteiger partial charge in [0.05, 0.1) is 0 Å². The van der Waals surface area contributed by atoms with E-state index in [9.17, 15) is 14.4 Å². The maximum Gasteiger partial charge on any atom is 0.407 e. The minimum atomic E-state index is -0.968. The Morgan fingerprint density at radius 2 is 1.50 bits per heavy atom. The van der Waals surface area contributed by atoms with Crippen LogP contribution in [-0.2, 0) is 14.3 Å². The quantitative estimate of drug-likeness (QED) is 0.473. The SMILES string of the molecule is Cc1ccc(NC(=O)[C@@H](CCC(N)=O)NC(=O)OCC2c3ccccc3-c3ccccc32)cc1. The van der Waals surface area contributed by atoms with Crippen LogP contribution in [0.15, 0.2) is 72.8 Å². The number of ether oxygens (including phenoxy) is 1. The Morgan fingerprint density at radius 3 is 2.09 bits per heavy atom. The van der Waals surface area contributed by atoms with Gasteiger partial charge in [0.15, 0.2) is 0 Å². The Hall–Kier alpha value is -4.13. The molecule has 1 aliphatic rings. The van der Waals surface area contributed by atoms with E-state index in [0.29, 0.717) is 5.69 Å². The molecular weight excluding hydrogens is 430 g/mol. The van der Waals surface area contributed by atoms with Crippen molar-refractivity contribution in [1.29, 1.82) is 0 Å². The van der Waals surface area contributed by atoms with Gasteiger partial charge in [-0.2, -0.15) is 0 Å². The highest BCUT2D eigenvalue weighted by molar-refractivity contribution is 5.96. The summed E-state index contributed by atoms with van der Waals surface area (Å²) in [5, 5.41) is 5.35. The van der Waals surface area contributed by atoms with E-state index < -0.39 is 23.9 Å². The molecule has 3 aromatic rings. The fourth-order valence-electron chi connectivity index (χ4n) is 4.20. The third-order valence-electron chi connectivity index (χ3n) is 5.95. The third kappa shape index (κ3) is 5.26. The van der Waals surface area contributed by atoms with Crippen LogP contribution in [0.1, 0.15) is 35.4 Å². The van der Waals surface area contributed by atoms with E-state index in [1.807, 2.05) is 55.5 Å². The largest absolute Gasteiger partial charge is 0.449 e. The summed E-state index contributed by atoms with van der Waals surface area (Å²) in [6.45, 7) is 2.07. The van der Waals surface area contributed by atoms with Crippen LogP contribution in [0.2, 0.25) is 0 Å². The highest BCUT2D eigenvalue weighted by atomic mass is 16.5. The third-order valence-corrected chi connectivity index (χ3v) is 5.95. The zero-order valence-corrected chi connectivity index (χ0v) is 18.9. The molecular formula is C27H27N3O4. The average molecular weight is 458 g/mol. The summed E-state index contributed by atoms with van der Waals surface area (Å²) in [7, 11) is 0. The molecule has 1 atom stereocenters. The van der Waals surface area contributed by atoms with Crippen LogP contribution in [0.3, 0.4) is 0 Å². The van der Waals surface area contributed by atoms with E-state index in [-0.39, 0.29) is 25.4 Å². The number of rotatable bonds is 8. The van der Waals surface area contributed by atoms with Crippen molar-refractivity contribution >= 4 is 23.6 Å². The first kappa shape index (κ1) is 23.0. The van der Waals surface area contributed by atoms with Crippen molar-refractivity contribution in [2.75, 3.05) is 11.9 Å². The Bertz CT molecular complexity index is 1160.